The van der Waals surface area contributed by atoms with Crippen molar-refractivity contribution in [1.29, 1.82) is 0 Å². The van der Waals surface area contributed by atoms with E-state index in [0.717, 1.165) is 33.7 Å². The summed E-state index contributed by atoms with van der Waals surface area (Å²) in [6.45, 7) is 7.75. The summed E-state index contributed by atoms with van der Waals surface area (Å²) in [7, 11) is 0. The Bertz CT molecular complexity index is 2150. The van der Waals surface area contributed by atoms with Gasteiger partial charge in [0.2, 0.25) is 13.6 Å². The molecule has 0 aliphatic rings. The Balaban J connectivity index is 1.26. The van der Waals surface area contributed by atoms with E-state index in [1.807, 2.05) is 0 Å². The molecule has 0 aromatic heterocycles. The van der Waals surface area contributed by atoms with Gasteiger partial charge in [0.25, 0.3) is 0 Å². The highest BCUT2D eigenvalue weighted by atomic mass is 16.7. The minimum absolute atomic E-state index is 0.0163. The largest absolute Gasteiger partial charge is 0.457 e. The highest BCUT2D eigenvalue weighted by molar-refractivity contribution is 6.02. The number of rotatable bonds is 14. The van der Waals surface area contributed by atoms with E-state index in [2.05, 4.69) is 13.2 Å². The molecule has 0 saturated carbocycles. The second kappa shape index (κ2) is 15.9. The molecule has 0 unspecified atom stereocenters. The van der Waals surface area contributed by atoms with Crippen LogP contribution in [0.25, 0.3) is 21.5 Å². The molecule has 0 N–H and O–H groups in total. The number of benzene rings is 5. The van der Waals surface area contributed by atoms with Crippen LogP contribution in [0.2, 0.25) is 0 Å². The smallest absolute Gasteiger partial charge is 0.343 e. The predicted molar refractivity (Wildman–Crippen MR) is 182 cm³/mol. The van der Waals surface area contributed by atoms with Crippen molar-refractivity contribution in [1.82, 2.24) is 0 Å². The van der Waals surface area contributed by atoms with E-state index in [0.29, 0.717) is 11.5 Å². The van der Waals surface area contributed by atoms with E-state index in [-0.39, 0.29) is 54.0 Å². The summed E-state index contributed by atoms with van der Waals surface area (Å²) in [5.74, 6) is -1.86. The van der Waals surface area contributed by atoms with Crippen LogP contribution in [-0.2, 0) is 19.1 Å². The van der Waals surface area contributed by atoms with Gasteiger partial charge in [-0.15, -0.1) is 0 Å². The molecule has 0 amide bonds. The summed E-state index contributed by atoms with van der Waals surface area (Å²) >= 11 is 0. The minimum Gasteiger partial charge on any atom is -0.457 e. The number of esters is 4. The molecule has 0 aliphatic carbocycles. The summed E-state index contributed by atoms with van der Waals surface area (Å²) in [6, 6.07) is 24.3. The van der Waals surface area contributed by atoms with E-state index in [1.54, 1.807) is 79.7 Å². The number of ether oxygens (including phenoxy) is 6. The van der Waals surface area contributed by atoms with Gasteiger partial charge in [0.15, 0.2) is 5.78 Å². The quantitative estimate of drug-likeness (QED) is 0.0390. The topological polar surface area (TPSA) is 141 Å². The molecule has 0 saturated heterocycles. The summed E-state index contributed by atoms with van der Waals surface area (Å²) in [5.41, 5.74) is 0.578. The van der Waals surface area contributed by atoms with Crippen molar-refractivity contribution in [3.05, 3.63) is 133 Å². The maximum absolute atomic E-state index is 13.2. The highest BCUT2D eigenvalue weighted by Gasteiger charge is 2.19. The van der Waals surface area contributed by atoms with Crippen molar-refractivity contribution in [2.75, 3.05) is 13.6 Å². The standard InChI is InChI=1S/C39H30O11/c1-4-34(40)33-21-32(49-38(43)28-9-7-26-19-30(13-11-24(26)17-28)45-22-47-36(41)5-2)15-16-35(33)50-39(44)29-10-8-27-20-31(14-12-25(27)18-29)46-23-48-37(42)6-3/h5-21H,2-4,22-23H2,1H3. The molecule has 0 bridgehead atoms. The third-order valence-electron chi connectivity index (χ3n) is 7.27. The molecule has 0 atom stereocenters. The fourth-order valence-corrected chi connectivity index (χ4v) is 4.70. The molecule has 11 nitrogen and oxygen atoms in total. The predicted octanol–water partition coefficient (Wildman–Crippen LogP) is 7.16. The highest BCUT2D eigenvalue weighted by Crippen LogP contribution is 2.29. The number of Topliss-reactive ketones (excluding diaryl/α,β-unsaturated/α-hetero) is 1. The van der Waals surface area contributed by atoms with Crippen molar-refractivity contribution >= 4 is 51.2 Å². The Morgan fingerprint density at radius 2 is 1.02 bits per heavy atom. The molecular weight excluding hydrogens is 644 g/mol. The summed E-state index contributed by atoms with van der Waals surface area (Å²) in [5, 5.41) is 2.98. The van der Waals surface area contributed by atoms with Gasteiger partial charge in [-0.1, -0.05) is 44.3 Å². The van der Waals surface area contributed by atoms with Crippen molar-refractivity contribution in [2.24, 2.45) is 0 Å². The zero-order valence-corrected chi connectivity index (χ0v) is 26.8. The van der Waals surface area contributed by atoms with Gasteiger partial charge in [-0.05, 0) is 88.3 Å². The molecule has 11 heteroatoms. The lowest BCUT2D eigenvalue weighted by molar-refractivity contribution is -0.145. The molecule has 5 rings (SSSR count). The third kappa shape index (κ3) is 8.58. The minimum atomic E-state index is -0.694. The molecule has 252 valence electrons. The monoisotopic (exact) mass is 674 g/mol. The number of carbonyl (C=O) groups is 5. The molecular formula is C39H30O11. The Kier molecular flexibility index (Phi) is 11.0. The van der Waals surface area contributed by atoms with Crippen LogP contribution >= 0.6 is 0 Å². The maximum atomic E-state index is 13.2. The van der Waals surface area contributed by atoms with Gasteiger partial charge < -0.3 is 28.4 Å². The average Bonchev–Trinajstić information content (AvgIpc) is 3.14. The summed E-state index contributed by atoms with van der Waals surface area (Å²) in [6.07, 6.45) is 2.18. The van der Waals surface area contributed by atoms with Crippen LogP contribution in [0.3, 0.4) is 0 Å². The van der Waals surface area contributed by atoms with Gasteiger partial charge >= 0.3 is 23.9 Å². The molecule has 0 spiro atoms. The Labute approximate surface area is 286 Å². The zero-order chi connectivity index (χ0) is 35.6. The van der Waals surface area contributed by atoms with Gasteiger partial charge in [0.05, 0.1) is 16.7 Å². The molecule has 50 heavy (non-hydrogen) atoms. The number of hydrogen-bond acceptors (Lipinski definition) is 11. The Hall–Kier alpha value is -6.75. The van der Waals surface area contributed by atoms with Crippen LogP contribution in [0.1, 0.15) is 44.4 Å². The molecule has 5 aromatic carbocycles. The van der Waals surface area contributed by atoms with Crippen LogP contribution < -0.4 is 18.9 Å². The molecule has 5 aromatic rings. The van der Waals surface area contributed by atoms with E-state index in [4.69, 9.17) is 28.4 Å². The zero-order valence-electron chi connectivity index (χ0n) is 26.8. The van der Waals surface area contributed by atoms with Crippen LogP contribution in [0.15, 0.2) is 116 Å². The second-order valence-electron chi connectivity index (χ2n) is 10.5. The van der Waals surface area contributed by atoms with Gasteiger partial charge in [-0.25, -0.2) is 19.2 Å². The van der Waals surface area contributed by atoms with Crippen molar-refractivity contribution in [2.45, 2.75) is 13.3 Å². The fourth-order valence-electron chi connectivity index (χ4n) is 4.70. The summed E-state index contributed by atoms with van der Waals surface area (Å²) in [4.78, 5) is 61.5. The number of ketones is 1. The van der Waals surface area contributed by atoms with Crippen molar-refractivity contribution in [3.63, 3.8) is 0 Å². The first-order chi connectivity index (χ1) is 24.2. The molecule has 0 radical (unpaired) electrons. The van der Waals surface area contributed by atoms with Gasteiger partial charge in [0.1, 0.15) is 23.0 Å². The van der Waals surface area contributed by atoms with Gasteiger partial charge in [-0.2, -0.15) is 0 Å². The van der Waals surface area contributed by atoms with Crippen LogP contribution in [0, 0.1) is 0 Å². The van der Waals surface area contributed by atoms with Crippen LogP contribution in [-0.4, -0.2) is 43.2 Å². The van der Waals surface area contributed by atoms with Gasteiger partial charge in [0, 0.05) is 18.6 Å². The molecule has 0 fully saturated rings. The van der Waals surface area contributed by atoms with E-state index < -0.39 is 23.9 Å². The van der Waals surface area contributed by atoms with Crippen molar-refractivity contribution in [3.8, 4) is 23.0 Å². The van der Waals surface area contributed by atoms with E-state index in [1.165, 1.54) is 18.2 Å². The van der Waals surface area contributed by atoms with Crippen LogP contribution in [0.5, 0.6) is 23.0 Å². The third-order valence-corrected chi connectivity index (χ3v) is 7.27. The Morgan fingerprint density at radius 3 is 1.52 bits per heavy atom. The Morgan fingerprint density at radius 1 is 0.560 bits per heavy atom. The second-order valence-corrected chi connectivity index (χ2v) is 10.5. The first-order valence-electron chi connectivity index (χ1n) is 15.2. The van der Waals surface area contributed by atoms with Crippen molar-refractivity contribution < 1.29 is 52.4 Å². The maximum Gasteiger partial charge on any atom is 0.343 e. The van der Waals surface area contributed by atoms with Gasteiger partial charge in [-0.3, -0.25) is 4.79 Å². The fraction of sp³-hybridized carbons (Fsp3) is 0.103. The van der Waals surface area contributed by atoms with E-state index >= 15 is 0 Å². The molecule has 0 aliphatic heterocycles. The lowest BCUT2D eigenvalue weighted by Crippen LogP contribution is -2.13. The normalized spacial score (nSPS) is 10.5. The summed E-state index contributed by atoms with van der Waals surface area (Å²) < 4.78 is 31.7. The van der Waals surface area contributed by atoms with E-state index in [9.17, 15) is 24.0 Å². The van der Waals surface area contributed by atoms with Crippen LogP contribution in [0.4, 0.5) is 0 Å². The molecule has 0 heterocycles. The first kappa shape index (κ1) is 34.6. The SMILES string of the molecule is C=CC(=O)OCOc1ccc2cc(C(=O)Oc3ccc(OC(=O)c4ccc5cc(OCOC(=O)C=C)ccc5c4)c(C(=O)CC)c3)ccc2c1. The number of fused-ring (bicyclic) bond motifs is 2. The number of hydrogen-bond donors (Lipinski definition) is 0. The first-order valence-corrected chi connectivity index (χ1v) is 15.2. The number of carbonyl (C=O) groups excluding carboxylic acids is 5. The lowest BCUT2D eigenvalue weighted by atomic mass is 10.1. The lowest BCUT2D eigenvalue weighted by Gasteiger charge is -2.12. The average molecular weight is 675 g/mol.